The van der Waals surface area contributed by atoms with E-state index in [1.54, 1.807) is 58.0 Å². The number of aromatic nitrogens is 2. The van der Waals surface area contributed by atoms with Crippen molar-refractivity contribution >= 4 is 28.8 Å². The van der Waals surface area contributed by atoms with E-state index in [-0.39, 0.29) is 67.2 Å². The number of fused-ring (bicyclic) bond motifs is 8. The first-order valence-electron chi connectivity index (χ1n) is 16.6. The van der Waals surface area contributed by atoms with E-state index in [0.717, 1.165) is 5.56 Å². The van der Waals surface area contributed by atoms with Crippen molar-refractivity contribution in [3.8, 4) is 23.0 Å². The molecule has 4 aromatic rings. The molecule has 3 amide bonds. The zero-order valence-electron chi connectivity index (χ0n) is 27.8. The third-order valence-electron chi connectivity index (χ3n) is 9.65. The van der Waals surface area contributed by atoms with E-state index < -0.39 is 18.1 Å². The predicted octanol–water partition coefficient (Wildman–Crippen LogP) is 2.53. The first-order valence-corrected chi connectivity index (χ1v) is 16.6. The van der Waals surface area contributed by atoms with Gasteiger partial charge in [0.25, 0.3) is 17.7 Å². The molecule has 4 N–H and O–H groups in total. The number of imidazole rings is 1. The largest absolute Gasteiger partial charge is 0.493 e. The van der Waals surface area contributed by atoms with Crippen LogP contribution >= 0.6 is 0 Å². The molecule has 14 heteroatoms. The lowest BCUT2D eigenvalue weighted by atomic mass is 9.93. The molecule has 2 fully saturated rings. The van der Waals surface area contributed by atoms with Gasteiger partial charge in [-0.15, -0.1) is 0 Å². The van der Waals surface area contributed by atoms with Crippen LogP contribution in [0.25, 0.3) is 11.0 Å². The monoisotopic (exact) mass is 685 g/mol. The minimum atomic E-state index is -0.654. The van der Waals surface area contributed by atoms with Crippen molar-refractivity contribution in [2.24, 2.45) is 0 Å². The molecule has 8 rings (SSSR count). The molecule has 4 heterocycles. The van der Waals surface area contributed by atoms with Gasteiger partial charge in [0.15, 0.2) is 29.6 Å². The molecule has 2 atom stereocenters. The van der Waals surface area contributed by atoms with Gasteiger partial charge < -0.3 is 44.6 Å². The maximum absolute atomic E-state index is 14.0. The van der Waals surface area contributed by atoms with Crippen molar-refractivity contribution in [3.63, 3.8) is 0 Å². The summed E-state index contributed by atoms with van der Waals surface area (Å²) in [7, 11) is 2.98. The van der Waals surface area contributed by atoms with Gasteiger partial charge in [0.1, 0.15) is 6.10 Å². The molecule has 50 heavy (non-hydrogen) atoms. The Morgan fingerprint density at radius 1 is 0.900 bits per heavy atom. The number of ether oxygens (including phenoxy) is 4. The van der Waals surface area contributed by atoms with E-state index in [9.17, 15) is 24.3 Å². The van der Waals surface area contributed by atoms with Gasteiger partial charge in [0, 0.05) is 30.3 Å². The molecule has 0 spiro atoms. The minimum absolute atomic E-state index is 0.0250. The Kier molecular flexibility index (Phi) is 9.10. The number of aliphatic hydroxyl groups is 1. The molecule has 0 radical (unpaired) electrons. The van der Waals surface area contributed by atoms with Crippen LogP contribution in [0.2, 0.25) is 0 Å². The zero-order valence-corrected chi connectivity index (χ0v) is 27.8. The Morgan fingerprint density at radius 2 is 1.70 bits per heavy atom. The number of carbonyl (C=O) groups is 3. The van der Waals surface area contributed by atoms with Crippen LogP contribution in [0.3, 0.4) is 0 Å². The topological polar surface area (TPSA) is 173 Å². The van der Waals surface area contributed by atoms with Gasteiger partial charge in [-0.05, 0) is 79.8 Å². The summed E-state index contributed by atoms with van der Waals surface area (Å²) >= 11 is 0. The minimum Gasteiger partial charge on any atom is -0.493 e. The number of carbonyl (C=O) groups excluding carboxylic acids is 3. The second-order valence-corrected chi connectivity index (χ2v) is 12.9. The van der Waals surface area contributed by atoms with Crippen LogP contribution in [0.15, 0.2) is 59.4 Å². The highest BCUT2D eigenvalue weighted by Crippen LogP contribution is 2.33. The lowest BCUT2D eigenvalue weighted by Crippen LogP contribution is -2.45. The number of nitrogens with zero attached hydrogens (tertiary/aromatic N) is 2. The molecule has 14 nitrogen and oxygen atoms in total. The number of hydrogen-bond donors (Lipinski definition) is 4. The number of aliphatic hydroxyl groups excluding tert-OH is 1. The van der Waals surface area contributed by atoms with Crippen LogP contribution in [0, 0.1) is 0 Å². The Balaban J connectivity index is 1.18. The zero-order chi connectivity index (χ0) is 34.9. The van der Waals surface area contributed by atoms with Crippen molar-refractivity contribution in [1.29, 1.82) is 0 Å². The van der Waals surface area contributed by atoms with Crippen molar-refractivity contribution in [3.05, 3.63) is 81.8 Å². The fraction of sp³-hybridized carbons (Fsp3) is 0.389. The van der Waals surface area contributed by atoms with Crippen LogP contribution in [0.1, 0.15) is 58.0 Å². The van der Waals surface area contributed by atoms with E-state index in [1.165, 1.54) is 20.3 Å². The predicted molar refractivity (Wildman–Crippen MR) is 181 cm³/mol. The number of hydrogen-bond acceptors (Lipinski definition) is 9. The third kappa shape index (κ3) is 6.58. The van der Waals surface area contributed by atoms with Crippen molar-refractivity contribution in [2.45, 2.75) is 56.5 Å². The van der Waals surface area contributed by atoms with Crippen LogP contribution in [-0.2, 0) is 11.3 Å². The van der Waals surface area contributed by atoms with Crippen LogP contribution < -0.4 is 35.3 Å². The van der Waals surface area contributed by atoms with Gasteiger partial charge in [0.2, 0.25) is 0 Å². The highest BCUT2D eigenvalue weighted by molar-refractivity contribution is 5.98. The highest BCUT2D eigenvalue weighted by atomic mass is 16.5. The van der Waals surface area contributed by atoms with Crippen molar-refractivity contribution in [1.82, 2.24) is 25.1 Å². The maximum Gasteiger partial charge on any atom is 0.326 e. The Morgan fingerprint density at radius 3 is 2.48 bits per heavy atom. The second-order valence-electron chi connectivity index (χ2n) is 12.9. The fourth-order valence-corrected chi connectivity index (χ4v) is 6.98. The van der Waals surface area contributed by atoms with Crippen LogP contribution in [-0.4, -0.2) is 89.4 Å². The number of aromatic amines is 1. The van der Waals surface area contributed by atoms with E-state index in [0.29, 0.717) is 59.5 Å². The summed E-state index contributed by atoms with van der Waals surface area (Å²) in [4.78, 5) is 57.7. The molecular formula is C36H39N5O9. The lowest BCUT2D eigenvalue weighted by Gasteiger charge is -2.26. The molecule has 0 unspecified atom stereocenters. The first-order chi connectivity index (χ1) is 24.2. The van der Waals surface area contributed by atoms with E-state index in [4.69, 9.17) is 18.9 Å². The van der Waals surface area contributed by atoms with Gasteiger partial charge in [-0.1, -0.05) is 6.07 Å². The van der Waals surface area contributed by atoms with Crippen molar-refractivity contribution in [2.75, 3.05) is 33.9 Å². The number of nitrogens with one attached hydrogen (secondary N) is 3. The molecule has 3 aliphatic heterocycles. The fourth-order valence-electron chi connectivity index (χ4n) is 6.98. The summed E-state index contributed by atoms with van der Waals surface area (Å²) in [5, 5.41) is 15.8. The third-order valence-corrected chi connectivity index (χ3v) is 9.65. The van der Waals surface area contributed by atoms with Gasteiger partial charge in [-0.3, -0.25) is 19.0 Å². The molecule has 4 aliphatic rings. The Bertz CT molecular complexity index is 2000. The molecule has 262 valence electrons. The first kappa shape index (κ1) is 33.0. The quantitative estimate of drug-likeness (QED) is 0.252. The maximum atomic E-state index is 14.0. The number of amides is 3. The van der Waals surface area contributed by atoms with Crippen LogP contribution in [0.5, 0.6) is 23.0 Å². The summed E-state index contributed by atoms with van der Waals surface area (Å²) < 4.78 is 24.9. The average molecular weight is 686 g/mol. The standard InChI is InChI=1S/C36H39N5O9/c1-47-28-12-5-21-15-31(28)49-19-33(43)37-16-20-3-11-29(30(13-20)48-2)50-32-18-40(17-26(32)38-34(21)44)35(45)22-4-10-27-25(14-22)39-36(46)41(27)23-6-8-24(42)9-7-23/h3-5,10-15,23-24,26,32,42H,6-9,16-19H2,1-2H3,(H,37,43)(H,38,44)(H,39,46)/t23?,24?,26-,32-/m0/s1. The summed E-state index contributed by atoms with van der Waals surface area (Å²) in [5.74, 6) is 0.342. The summed E-state index contributed by atoms with van der Waals surface area (Å²) in [6, 6.07) is 14.5. The molecule has 1 aromatic heterocycles. The average Bonchev–Trinajstić information content (AvgIpc) is 3.68. The number of H-pyrrole nitrogens is 1. The summed E-state index contributed by atoms with van der Waals surface area (Å²) in [6.45, 7) is 0.221. The van der Waals surface area contributed by atoms with E-state index >= 15 is 0 Å². The molecule has 3 aromatic carbocycles. The van der Waals surface area contributed by atoms with Gasteiger partial charge in [-0.2, -0.15) is 0 Å². The highest BCUT2D eigenvalue weighted by Gasteiger charge is 2.39. The van der Waals surface area contributed by atoms with Gasteiger partial charge >= 0.3 is 5.69 Å². The SMILES string of the molecule is COc1ccc2cc1OCC(=O)NCc1ccc(c(OC)c1)O[C@H]1CN(C(=O)c3ccc4c(c3)[nH]c(=O)n4C3CCC(O)CC3)C[C@@H]1NC2=O. The molecular weight excluding hydrogens is 646 g/mol. The normalized spacial score (nSPS) is 22.5. The smallest absolute Gasteiger partial charge is 0.326 e. The number of rotatable bonds is 4. The molecule has 1 aliphatic carbocycles. The Hall–Kier alpha value is -5.50. The molecule has 1 saturated heterocycles. The molecule has 1 saturated carbocycles. The summed E-state index contributed by atoms with van der Waals surface area (Å²) in [5.41, 5.74) is 2.42. The van der Waals surface area contributed by atoms with E-state index in [1.807, 2.05) is 0 Å². The number of methoxy groups -OCH3 is 2. The number of likely N-dealkylation sites (tertiary alicyclic amines) is 1. The van der Waals surface area contributed by atoms with Gasteiger partial charge in [0.05, 0.1) is 43.9 Å². The van der Waals surface area contributed by atoms with Crippen molar-refractivity contribution < 1.29 is 38.4 Å². The lowest BCUT2D eigenvalue weighted by molar-refractivity contribution is -0.123. The number of benzene rings is 3. The van der Waals surface area contributed by atoms with E-state index in [2.05, 4.69) is 15.6 Å². The summed E-state index contributed by atoms with van der Waals surface area (Å²) in [6.07, 6.45) is 1.68. The second kappa shape index (κ2) is 13.8. The Labute approximate surface area is 287 Å². The molecule has 4 bridgehead atoms. The van der Waals surface area contributed by atoms with Gasteiger partial charge in [-0.25, -0.2) is 4.79 Å². The van der Waals surface area contributed by atoms with Crippen LogP contribution in [0.4, 0.5) is 0 Å².